The number of hydrogen-bond donors (Lipinski definition) is 0. The molecule has 1 saturated carbocycles. The third-order valence-corrected chi connectivity index (χ3v) is 8.74. The van der Waals surface area contributed by atoms with Crippen molar-refractivity contribution in [1.82, 2.24) is 15.2 Å². The number of hydrogen-bond acceptors (Lipinski definition) is 7. The first-order valence-corrected chi connectivity index (χ1v) is 14.5. The summed E-state index contributed by atoms with van der Waals surface area (Å²) in [5, 5.41) is 17.2. The standard InChI is InChI=1S/C25H27BrN4O2S2/c26-19-11-9-18(10-12-19)21-15-20(22-7-4-14-33-22)29-30(21)24(31)16-34-25-28-27-23(32-25)13-8-17-5-2-1-3-6-17/h4,7,9-12,14,17,21H,1-3,5-6,8,13,15-16H2. The molecule has 0 saturated heterocycles. The average molecular weight is 560 g/mol. The highest BCUT2D eigenvalue weighted by molar-refractivity contribution is 9.10. The number of hydrazone groups is 1. The average Bonchev–Trinajstić information content (AvgIpc) is 3.63. The Morgan fingerprint density at radius 1 is 1.15 bits per heavy atom. The molecule has 178 valence electrons. The van der Waals surface area contributed by atoms with Gasteiger partial charge in [-0.05, 0) is 41.5 Å². The first-order valence-electron chi connectivity index (χ1n) is 11.8. The number of carbonyl (C=O) groups excluding carboxylic acids is 1. The van der Waals surface area contributed by atoms with E-state index in [1.165, 1.54) is 43.9 Å². The highest BCUT2D eigenvalue weighted by Gasteiger charge is 2.33. The predicted molar refractivity (Wildman–Crippen MR) is 139 cm³/mol. The smallest absolute Gasteiger partial charge is 0.277 e. The fraction of sp³-hybridized carbons (Fsp3) is 0.440. The van der Waals surface area contributed by atoms with Gasteiger partial charge >= 0.3 is 0 Å². The SMILES string of the molecule is O=C(CSc1nnc(CCC2CCCCC2)o1)N1N=C(c2cccs2)CC1c1ccc(Br)cc1. The van der Waals surface area contributed by atoms with Crippen LogP contribution < -0.4 is 0 Å². The fourth-order valence-corrected chi connectivity index (χ4v) is 6.29. The maximum Gasteiger partial charge on any atom is 0.277 e. The summed E-state index contributed by atoms with van der Waals surface area (Å²) in [6.45, 7) is 0. The lowest BCUT2D eigenvalue weighted by Gasteiger charge is -2.21. The van der Waals surface area contributed by atoms with Gasteiger partial charge in [0.05, 0.1) is 22.4 Å². The summed E-state index contributed by atoms with van der Waals surface area (Å²) in [5.41, 5.74) is 2.02. The fourth-order valence-electron chi connectivity index (χ4n) is 4.67. The molecule has 1 amide bonds. The molecule has 0 bridgehead atoms. The van der Waals surface area contributed by atoms with E-state index in [0.717, 1.165) is 39.4 Å². The van der Waals surface area contributed by atoms with E-state index in [9.17, 15) is 4.79 Å². The minimum Gasteiger partial charge on any atom is -0.416 e. The van der Waals surface area contributed by atoms with Crippen LogP contribution in [0.3, 0.4) is 0 Å². The third-order valence-electron chi connectivity index (χ3n) is 6.48. The first-order chi connectivity index (χ1) is 16.7. The van der Waals surface area contributed by atoms with Crippen LogP contribution >= 0.6 is 39.0 Å². The van der Waals surface area contributed by atoms with Gasteiger partial charge in [0.2, 0.25) is 5.89 Å². The topological polar surface area (TPSA) is 71.6 Å². The molecular weight excluding hydrogens is 532 g/mol. The molecule has 34 heavy (non-hydrogen) atoms. The van der Waals surface area contributed by atoms with Crippen molar-refractivity contribution in [3.63, 3.8) is 0 Å². The maximum atomic E-state index is 13.2. The zero-order valence-corrected chi connectivity index (χ0v) is 22.1. The number of thioether (sulfide) groups is 1. The lowest BCUT2D eigenvalue weighted by molar-refractivity contribution is -0.130. The molecule has 1 unspecified atom stereocenters. The van der Waals surface area contributed by atoms with Crippen LogP contribution in [0.4, 0.5) is 0 Å². The van der Waals surface area contributed by atoms with Crippen LogP contribution in [0, 0.1) is 5.92 Å². The van der Waals surface area contributed by atoms with Crippen LogP contribution in [0.5, 0.6) is 0 Å². The van der Waals surface area contributed by atoms with E-state index < -0.39 is 0 Å². The lowest BCUT2D eigenvalue weighted by atomic mass is 9.86. The molecule has 1 atom stereocenters. The Hall–Kier alpha value is -1.97. The number of amides is 1. The second kappa shape index (κ2) is 11.2. The minimum atomic E-state index is -0.118. The van der Waals surface area contributed by atoms with Crippen molar-refractivity contribution in [2.45, 2.75) is 62.6 Å². The van der Waals surface area contributed by atoms with E-state index in [-0.39, 0.29) is 17.7 Å². The van der Waals surface area contributed by atoms with E-state index >= 15 is 0 Å². The summed E-state index contributed by atoms with van der Waals surface area (Å²) in [5.74, 6) is 1.59. The second-order valence-corrected chi connectivity index (χ2v) is 11.6. The van der Waals surface area contributed by atoms with E-state index in [1.54, 1.807) is 16.3 Å². The molecule has 1 aliphatic heterocycles. The number of benzene rings is 1. The van der Waals surface area contributed by atoms with Gasteiger partial charge in [-0.2, -0.15) is 5.10 Å². The van der Waals surface area contributed by atoms with Crippen LogP contribution in [0.2, 0.25) is 0 Å². The Morgan fingerprint density at radius 3 is 2.74 bits per heavy atom. The molecule has 1 aromatic carbocycles. The number of aryl methyl sites for hydroxylation is 1. The molecule has 9 heteroatoms. The van der Waals surface area contributed by atoms with Gasteiger partial charge < -0.3 is 4.42 Å². The number of thiophene rings is 1. The van der Waals surface area contributed by atoms with Gasteiger partial charge in [-0.1, -0.05) is 78.0 Å². The highest BCUT2D eigenvalue weighted by Crippen LogP contribution is 2.35. The van der Waals surface area contributed by atoms with Crippen molar-refractivity contribution < 1.29 is 9.21 Å². The molecule has 3 heterocycles. The van der Waals surface area contributed by atoms with Crippen molar-refractivity contribution in [2.75, 3.05) is 5.75 Å². The highest BCUT2D eigenvalue weighted by atomic mass is 79.9. The number of aromatic nitrogens is 2. The first kappa shape index (κ1) is 23.8. The molecule has 3 aromatic rings. The van der Waals surface area contributed by atoms with Crippen molar-refractivity contribution in [3.05, 3.63) is 62.6 Å². The largest absolute Gasteiger partial charge is 0.416 e. The van der Waals surface area contributed by atoms with E-state index in [0.29, 0.717) is 17.5 Å². The van der Waals surface area contributed by atoms with E-state index in [4.69, 9.17) is 9.52 Å². The molecule has 5 rings (SSSR count). The van der Waals surface area contributed by atoms with Gasteiger partial charge in [0.1, 0.15) is 0 Å². The zero-order valence-electron chi connectivity index (χ0n) is 18.9. The minimum absolute atomic E-state index is 0.0635. The third kappa shape index (κ3) is 5.80. The summed E-state index contributed by atoms with van der Waals surface area (Å²) >= 11 is 6.43. The Bertz CT molecular complexity index is 1120. The van der Waals surface area contributed by atoms with Gasteiger partial charge in [0, 0.05) is 17.3 Å². The zero-order chi connectivity index (χ0) is 23.3. The molecule has 0 radical (unpaired) electrons. The van der Waals surface area contributed by atoms with Crippen LogP contribution in [-0.4, -0.2) is 32.6 Å². The summed E-state index contributed by atoms with van der Waals surface area (Å²) in [7, 11) is 0. The summed E-state index contributed by atoms with van der Waals surface area (Å²) in [6, 6.07) is 12.0. The van der Waals surface area contributed by atoms with Crippen molar-refractivity contribution in [3.8, 4) is 0 Å². The van der Waals surface area contributed by atoms with Gasteiger partial charge in [-0.25, -0.2) is 5.01 Å². The summed E-state index contributed by atoms with van der Waals surface area (Å²) in [4.78, 5) is 14.3. The number of nitrogens with zero attached hydrogens (tertiary/aromatic N) is 4. The predicted octanol–water partition coefficient (Wildman–Crippen LogP) is 6.88. The Labute approximate surface area is 216 Å². The van der Waals surface area contributed by atoms with Crippen LogP contribution in [0.1, 0.15) is 67.3 Å². The maximum absolute atomic E-state index is 13.2. The van der Waals surface area contributed by atoms with Crippen molar-refractivity contribution >= 4 is 50.6 Å². The Balaban J connectivity index is 1.22. The quantitative estimate of drug-likeness (QED) is 0.282. The molecule has 0 N–H and O–H groups in total. The molecule has 1 aliphatic carbocycles. The lowest BCUT2D eigenvalue weighted by Crippen LogP contribution is -2.28. The molecular formula is C25H27BrN4O2S2. The normalized spacial score (nSPS) is 18.9. The van der Waals surface area contributed by atoms with E-state index in [1.807, 2.05) is 35.7 Å². The van der Waals surface area contributed by atoms with Gasteiger partial charge in [0.15, 0.2) is 0 Å². The Morgan fingerprint density at radius 2 is 1.97 bits per heavy atom. The van der Waals surface area contributed by atoms with Crippen molar-refractivity contribution in [1.29, 1.82) is 0 Å². The van der Waals surface area contributed by atoms with Crippen LogP contribution in [0.25, 0.3) is 0 Å². The number of halogens is 1. The Kier molecular flexibility index (Phi) is 7.81. The summed E-state index contributed by atoms with van der Waals surface area (Å²) < 4.78 is 6.83. The van der Waals surface area contributed by atoms with Crippen LogP contribution in [0.15, 0.2) is 61.0 Å². The molecule has 0 spiro atoms. The van der Waals surface area contributed by atoms with Crippen molar-refractivity contribution in [2.24, 2.45) is 11.0 Å². The monoisotopic (exact) mass is 558 g/mol. The molecule has 2 aliphatic rings. The van der Waals surface area contributed by atoms with E-state index in [2.05, 4.69) is 32.2 Å². The van der Waals surface area contributed by atoms with Gasteiger partial charge in [-0.15, -0.1) is 21.5 Å². The second-order valence-electron chi connectivity index (χ2n) is 8.83. The summed E-state index contributed by atoms with van der Waals surface area (Å²) in [6.07, 6.45) is 9.29. The molecule has 1 fully saturated rings. The van der Waals surface area contributed by atoms with Gasteiger partial charge in [-0.3, -0.25) is 4.79 Å². The number of rotatable bonds is 8. The van der Waals surface area contributed by atoms with Crippen LogP contribution in [-0.2, 0) is 11.2 Å². The molecule has 6 nitrogen and oxygen atoms in total. The number of carbonyl (C=O) groups is 1. The molecule has 2 aromatic heterocycles. The van der Waals surface area contributed by atoms with Gasteiger partial charge in [0.25, 0.3) is 11.1 Å².